The van der Waals surface area contributed by atoms with Crippen molar-refractivity contribution in [3.05, 3.63) is 41.5 Å². The van der Waals surface area contributed by atoms with Crippen molar-refractivity contribution < 1.29 is 18.9 Å². The fourth-order valence-electron chi connectivity index (χ4n) is 3.95. The summed E-state index contributed by atoms with van der Waals surface area (Å²) in [5.74, 6) is 1.07. The van der Waals surface area contributed by atoms with Crippen LogP contribution in [0.25, 0.3) is 0 Å². The molecule has 26 heavy (non-hydrogen) atoms. The van der Waals surface area contributed by atoms with Gasteiger partial charge in [-0.3, -0.25) is 0 Å². The first-order chi connectivity index (χ1) is 12.5. The highest BCUT2D eigenvalue weighted by Gasteiger charge is 2.41. The molecule has 3 rings (SSSR count). The third-order valence-electron chi connectivity index (χ3n) is 6.22. The first-order valence-corrected chi connectivity index (χ1v) is 9.63. The van der Waals surface area contributed by atoms with Gasteiger partial charge in [-0.15, -0.1) is 0 Å². The van der Waals surface area contributed by atoms with Gasteiger partial charge in [0.05, 0.1) is 33.5 Å². The van der Waals surface area contributed by atoms with Crippen molar-refractivity contribution in [2.75, 3.05) is 26.9 Å². The molecule has 0 saturated carbocycles. The second-order valence-electron chi connectivity index (χ2n) is 7.96. The van der Waals surface area contributed by atoms with E-state index in [0.29, 0.717) is 32.3 Å². The van der Waals surface area contributed by atoms with Crippen molar-refractivity contribution in [1.82, 2.24) is 0 Å². The number of hydrogen-bond acceptors (Lipinski definition) is 4. The molecule has 1 aliphatic heterocycles. The molecular formula is C22H32O4. The van der Waals surface area contributed by atoms with Crippen LogP contribution in [0, 0.1) is 11.3 Å². The van der Waals surface area contributed by atoms with Crippen molar-refractivity contribution in [2.24, 2.45) is 11.3 Å². The maximum Gasteiger partial charge on any atom is 0.165 e. The summed E-state index contributed by atoms with van der Waals surface area (Å²) in [5.41, 5.74) is 2.73. The van der Waals surface area contributed by atoms with Gasteiger partial charge in [-0.1, -0.05) is 32.1 Å². The molecule has 0 aromatic heterocycles. The third-order valence-corrected chi connectivity index (χ3v) is 6.22. The minimum absolute atomic E-state index is 0.151. The van der Waals surface area contributed by atoms with Gasteiger partial charge >= 0.3 is 0 Å². The number of ether oxygens (including phenoxy) is 4. The molecule has 1 aliphatic carbocycles. The summed E-state index contributed by atoms with van der Waals surface area (Å²) < 4.78 is 22.8. The smallest absolute Gasteiger partial charge is 0.165 e. The lowest BCUT2D eigenvalue weighted by Crippen LogP contribution is -2.32. The van der Waals surface area contributed by atoms with E-state index in [2.05, 4.69) is 39.0 Å². The molecule has 1 heterocycles. The first-order valence-electron chi connectivity index (χ1n) is 9.63. The van der Waals surface area contributed by atoms with Crippen molar-refractivity contribution in [1.29, 1.82) is 0 Å². The Labute approximate surface area is 157 Å². The Morgan fingerprint density at radius 3 is 2.38 bits per heavy atom. The lowest BCUT2D eigenvalue weighted by Gasteiger charge is -2.36. The lowest BCUT2D eigenvalue weighted by atomic mass is 9.72. The summed E-state index contributed by atoms with van der Waals surface area (Å²) in [6, 6.07) is 8.06. The largest absolute Gasteiger partial charge is 0.497 e. The molecule has 0 N–H and O–H groups in total. The van der Waals surface area contributed by atoms with Crippen LogP contribution in [-0.4, -0.2) is 32.7 Å². The average molecular weight is 360 g/mol. The van der Waals surface area contributed by atoms with Gasteiger partial charge in [0.25, 0.3) is 0 Å². The third kappa shape index (κ3) is 4.30. The van der Waals surface area contributed by atoms with E-state index in [0.717, 1.165) is 25.0 Å². The molecule has 1 aromatic rings. The maximum absolute atomic E-state index is 6.05. The van der Waals surface area contributed by atoms with E-state index in [1.54, 1.807) is 7.11 Å². The van der Waals surface area contributed by atoms with Gasteiger partial charge in [0, 0.05) is 6.42 Å². The van der Waals surface area contributed by atoms with Crippen molar-refractivity contribution >= 4 is 0 Å². The molecule has 0 bridgehead atoms. The molecule has 0 spiro atoms. The molecule has 2 atom stereocenters. The summed E-state index contributed by atoms with van der Waals surface area (Å²) in [6.45, 7) is 9.48. The van der Waals surface area contributed by atoms with Crippen LogP contribution in [0.3, 0.4) is 0 Å². The highest BCUT2D eigenvalue weighted by molar-refractivity contribution is 5.27. The average Bonchev–Trinajstić information content (AvgIpc) is 3.20. The number of benzene rings is 1. The Morgan fingerprint density at radius 1 is 1.04 bits per heavy atom. The van der Waals surface area contributed by atoms with E-state index in [9.17, 15) is 0 Å². The van der Waals surface area contributed by atoms with Crippen LogP contribution in [-0.2, 0) is 20.8 Å². The molecule has 0 unspecified atom stereocenters. The van der Waals surface area contributed by atoms with E-state index in [4.69, 9.17) is 18.9 Å². The molecule has 144 valence electrons. The SMILES string of the molecule is COc1ccc(COCC2=CC[C@@H](C)[C@]2(C)CCC2(C)OCCO2)cc1. The van der Waals surface area contributed by atoms with Gasteiger partial charge < -0.3 is 18.9 Å². The zero-order chi connectivity index (χ0) is 18.6. The highest BCUT2D eigenvalue weighted by atomic mass is 16.7. The Balaban J connectivity index is 1.53. The summed E-state index contributed by atoms with van der Waals surface area (Å²) >= 11 is 0. The van der Waals surface area contributed by atoms with Gasteiger partial charge in [0.15, 0.2) is 5.79 Å². The predicted molar refractivity (Wildman–Crippen MR) is 102 cm³/mol. The Kier molecular flexibility index (Phi) is 6.06. The van der Waals surface area contributed by atoms with E-state index in [-0.39, 0.29) is 5.41 Å². The summed E-state index contributed by atoms with van der Waals surface area (Å²) in [7, 11) is 1.68. The zero-order valence-electron chi connectivity index (χ0n) is 16.5. The van der Waals surface area contributed by atoms with Crippen LogP contribution < -0.4 is 4.74 Å². The van der Waals surface area contributed by atoms with Gasteiger partial charge in [-0.05, 0) is 54.4 Å². The first kappa shape index (κ1) is 19.4. The molecule has 4 heteroatoms. The summed E-state index contributed by atoms with van der Waals surface area (Å²) in [6.07, 6.45) is 5.47. The fourth-order valence-corrected chi connectivity index (χ4v) is 3.95. The zero-order valence-corrected chi connectivity index (χ0v) is 16.5. The minimum Gasteiger partial charge on any atom is -0.497 e. The topological polar surface area (TPSA) is 36.9 Å². The maximum atomic E-state index is 6.05. The number of allylic oxidation sites excluding steroid dienone is 1. The van der Waals surface area contributed by atoms with Crippen LogP contribution >= 0.6 is 0 Å². The number of hydrogen-bond donors (Lipinski definition) is 0. The molecule has 1 fully saturated rings. The fraction of sp³-hybridized carbons (Fsp3) is 0.636. The van der Waals surface area contributed by atoms with E-state index in [1.165, 1.54) is 11.1 Å². The molecule has 0 amide bonds. The normalized spacial score (nSPS) is 27.5. The molecule has 1 aromatic carbocycles. The van der Waals surface area contributed by atoms with Crippen molar-refractivity contribution in [3.63, 3.8) is 0 Å². The molecule has 4 nitrogen and oxygen atoms in total. The Hall–Kier alpha value is -1.36. The van der Waals surface area contributed by atoms with Crippen LogP contribution in [0.1, 0.15) is 45.6 Å². The quantitative estimate of drug-likeness (QED) is 0.628. The number of rotatable bonds is 8. The Morgan fingerprint density at radius 2 is 1.73 bits per heavy atom. The van der Waals surface area contributed by atoms with Crippen LogP contribution in [0.2, 0.25) is 0 Å². The van der Waals surface area contributed by atoms with Gasteiger partial charge in [0.2, 0.25) is 0 Å². The van der Waals surface area contributed by atoms with Crippen LogP contribution in [0.5, 0.6) is 5.75 Å². The van der Waals surface area contributed by atoms with Gasteiger partial charge in [-0.25, -0.2) is 0 Å². The second-order valence-corrected chi connectivity index (χ2v) is 7.96. The highest BCUT2D eigenvalue weighted by Crippen LogP contribution is 2.48. The standard InChI is InChI=1S/C22H32O4/c1-17-5-8-19(16-24-15-18-6-9-20(23-4)10-7-18)21(17,2)11-12-22(3)25-13-14-26-22/h6-10,17H,5,11-16H2,1-4H3/t17-,21+/m1/s1. The molecule has 1 saturated heterocycles. The van der Waals surface area contributed by atoms with E-state index < -0.39 is 5.79 Å². The van der Waals surface area contributed by atoms with E-state index in [1.807, 2.05) is 12.1 Å². The summed E-state index contributed by atoms with van der Waals surface area (Å²) in [5, 5.41) is 0. The number of methoxy groups -OCH3 is 1. The lowest BCUT2D eigenvalue weighted by molar-refractivity contribution is -0.151. The predicted octanol–water partition coefficient (Wildman–Crippen LogP) is 4.73. The second kappa shape index (κ2) is 8.12. The van der Waals surface area contributed by atoms with Crippen LogP contribution in [0.15, 0.2) is 35.9 Å². The molecular weight excluding hydrogens is 328 g/mol. The van der Waals surface area contributed by atoms with E-state index >= 15 is 0 Å². The van der Waals surface area contributed by atoms with Gasteiger partial charge in [0.1, 0.15) is 5.75 Å². The molecule has 0 radical (unpaired) electrons. The Bertz CT molecular complexity index is 616. The minimum atomic E-state index is -0.416. The van der Waals surface area contributed by atoms with Crippen molar-refractivity contribution in [3.8, 4) is 5.75 Å². The van der Waals surface area contributed by atoms with Crippen molar-refractivity contribution in [2.45, 2.75) is 52.4 Å². The van der Waals surface area contributed by atoms with Gasteiger partial charge in [-0.2, -0.15) is 0 Å². The molecule has 2 aliphatic rings. The summed E-state index contributed by atoms with van der Waals surface area (Å²) in [4.78, 5) is 0. The van der Waals surface area contributed by atoms with Crippen LogP contribution in [0.4, 0.5) is 0 Å². The monoisotopic (exact) mass is 360 g/mol.